The highest BCUT2D eigenvalue weighted by molar-refractivity contribution is 5.75. The Hall–Kier alpha value is -4.66. The van der Waals surface area contributed by atoms with Gasteiger partial charge in [-0.1, -0.05) is 54.6 Å². The maximum absolute atomic E-state index is 14.6. The van der Waals surface area contributed by atoms with E-state index in [4.69, 9.17) is 4.74 Å². The largest absolute Gasteiger partial charge is 0.573 e. The number of nitrogens with zero attached hydrogens (tertiary/aromatic N) is 3. The monoisotopic (exact) mass is 505 g/mol. The predicted octanol–water partition coefficient (Wildman–Crippen LogP) is 7.22. The minimum Gasteiger partial charge on any atom is -0.472 e. The minimum atomic E-state index is -4.82. The zero-order valence-electron chi connectivity index (χ0n) is 19.2. The van der Waals surface area contributed by atoms with Crippen molar-refractivity contribution in [2.24, 2.45) is 0 Å². The van der Waals surface area contributed by atoms with Gasteiger partial charge in [0.1, 0.15) is 23.9 Å². The van der Waals surface area contributed by atoms with Gasteiger partial charge in [-0.05, 0) is 47.5 Å². The molecular formula is C28H19F4N3O2. The molecule has 9 heteroatoms. The van der Waals surface area contributed by atoms with Gasteiger partial charge in [-0.15, -0.1) is 13.2 Å². The van der Waals surface area contributed by atoms with Gasteiger partial charge in [-0.25, -0.2) is 14.1 Å². The van der Waals surface area contributed by atoms with Crippen LogP contribution in [0.5, 0.6) is 11.6 Å². The van der Waals surface area contributed by atoms with Crippen molar-refractivity contribution >= 4 is 0 Å². The van der Waals surface area contributed by atoms with Gasteiger partial charge >= 0.3 is 6.36 Å². The van der Waals surface area contributed by atoms with Crippen molar-refractivity contribution in [2.45, 2.75) is 13.0 Å². The molecule has 0 aliphatic heterocycles. The Kier molecular flexibility index (Phi) is 6.59. The third-order valence-electron chi connectivity index (χ3n) is 5.47. The number of aromatic nitrogens is 3. The molecule has 0 saturated heterocycles. The van der Waals surface area contributed by atoms with Gasteiger partial charge in [-0.3, -0.25) is 0 Å². The van der Waals surface area contributed by atoms with Crippen LogP contribution in [-0.4, -0.2) is 21.1 Å². The smallest absolute Gasteiger partial charge is 0.472 e. The summed E-state index contributed by atoms with van der Waals surface area (Å²) < 4.78 is 64.4. The number of benzene rings is 3. The Morgan fingerprint density at radius 1 is 0.811 bits per heavy atom. The van der Waals surface area contributed by atoms with Gasteiger partial charge in [-0.2, -0.15) is 5.10 Å². The predicted molar refractivity (Wildman–Crippen MR) is 130 cm³/mol. The highest BCUT2D eigenvalue weighted by Crippen LogP contribution is 2.35. The molecule has 5 nitrogen and oxygen atoms in total. The van der Waals surface area contributed by atoms with E-state index in [0.29, 0.717) is 22.4 Å². The molecular weight excluding hydrogens is 486 g/mol. The molecule has 2 heterocycles. The van der Waals surface area contributed by atoms with Gasteiger partial charge in [0, 0.05) is 11.8 Å². The van der Waals surface area contributed by atoms with E-state index in [0.717, 1.165) is 5.56 Å². The van der Waals surface area contributed by atoms with Crippen LogP contribution in [0.2, 0.25) is 0 Å². The highest BCUT2D eigenvalue weighted by Gasteiger charge is 2.31. The first-order valence-corrected chi connectivity index (χ1v) is 11.2. The fraction of sp³-hybridized carbons (Fsp3) is 0.0714. The Labute approximate surface area is 209 Å². The SMILES string of the molecule is Fc1ccccc1-n1nccc1-c1cc(-c2cccc(OC(F)(F)F)c2)cnc1OCc1ccccc1. The van der Waals surface area contributed by atoms with Crippen LogP contribution in [0.1, 0.15) is 5.56 Å². The highest BCUT2D eigenvalue weighted by atomic mass is 19.4. The van der Waals surface area contributed by atoms with Crippen LogP contribution in [0.4, 0.5) is 17.6 Å². The first-order valence-electron chi connectivity index (χ1n) is 11.2. The summed E-state index contributed by atoms with van der Waals surface area (Å²) in [4.78, 5) is 4.47. The average molecular weight is 505 g/mol. The molecule has 0 spiro atoms. The lowest BCUT2D eigenvalue weighted by molar-refractivity contribution is -0.274. The number of halogens is 4. The molecule has 0 N–H and O–H groups in total. The van der Waals surface area contributed by atoms with E-state index in [2.05, 4.69) is 14.8 Å². The summed E-state index contributed by atoms with van der Waals surface area (Å²) in [5, 5.41) is 4.29. The Bertz CT molecular complexity index is 1520. The van der Waals surface area contributed by atoms with Gasteiger partial charge in [0.2, 0.25) is 5.88 Å². The molecule has 3 aromatic carbocycles. The summed E-state index contributed by atoms with van der Waals surface area (Å²) in [6, 6.07) is 24.7. The minimum absolute atomic E-state index is 0.225. The molecule has 0 unspecified atom stereocenters. The number of para-hydroxylation sites is 1. The fourth-order valence-corrected chi connectivity index (χ4v) is 3.83. The molecule has 0 aliphatic rings. The number of pyridine rings is 1. The van der Waals surface area contributed by atoms with Gasteiger partial charge in [0.15, 0.2) is 0 Å². The average Bonchev–Trinajstić information content (AvgIpc) is 3.37. The third kappa shape index (κ3) is 5.61. The molecule has 0 radical (unpaired) electrons. The molecule has 0 bridgehead atoms. The number of ether oxygens (including phenoxy) is 2. The summed E-state index contributed by atoms with van der Waals surface area (Å²) in [5.74, 6) is -0.568. The molecule has 0 fully saturated rings. The van der Waals surface area contributed by atoms with Crippen LogP contribution < -0.4 is 9.47 Å². The van der Waals surface area contributed by atoms with Gasteiger partial charge in [0.25, 0.3) is 0 Å². The van der Waals surface area contributed by atoms with Crippen molar-refractivity contribution in [3.63, 3.8) is 0 Å². The zero-order chi connectivity index (χ0) is 25.8. The molecule has 5 rings (SSSR count). The van der Waals surface area contributed by atoms with Crippen LogP contribution in [0.3, 0.4) is 0 Å². The molecule has 0 atom stereocenters. The number of hydrogen-bond donors (Lipinski definition) is 0. The molecule has 0 saturated carbocycles. The van der Waals surface area contributed by atoms with Crippen molar-refractivity contribution in [3.05, 3.63) is 115 Å². The molecule has 186 valence electrons. The maximum Gasteiger partial charge on any atom is 0.573 e. The van der Waals surface area contributed by atoms with Crippen LogP contribution in [0, 0.1) is 5.82 Å². The summed E-state index contributed by atoms with van der Waals surface area (Å²) >= 11 is 0. The zero-order valence-corrected chi connectivity index (χ0v) is 19.2. The van der Waals surface area contributed by atoms with E-state index in [1.807, 2.05) is 30.3 Å². The number of rotatable bonds is 7. The van der Waals surface area contributed by atoms with Crippen molar-refractivity contribution < 1.29 is 27.0 Å². The normalized spacial score (nSPS) is 11.4. The molecule has 37 heavy (non-hydrogen) atoms. The second-order valence-corrected chi connectivity index (χ2v) is 8.01. The van der Waals surface area contributed by atoms with Crippen molar-refractivity contribution in [2.75, 3.05) is 0 Å². The van der Waals surface area contributed by atoms with Crippen LogP contribution in [0.25, 0.3) is 28.1 Å². The van der Waals surface area contributed by atoms with Crippen LogP contribution in [0.15, 0.2) is 103 Å². The lowest BCUT2D eigenvalue weighted by Gasteiger charge is -2.15. The summed E-state index contributed by atoms with van der Waals surface area (Å²) in [7, 11) is 0. The van der Waals surface area contributed by atoms with Crippen LogP contribution in [-0.2, 0) is 6.61 Å². The lowest BCUT2D eigenvalue weighted by Crippen LogP contribution is -2.17. The van der Waals surface area contributed by atoms with Crippen molar-refractivity contribution in [3.8, 4) is 39.7 Å². The summed E-state index contributed by atoms with van der Waals surface area (Å²) in [6.45, 7) is 0.225. The molecule has 0 amide bonds. The maximum atomic E-state index is 14.6. The number of hydrogen-bond acceptors (Lipinski definition) is 4. The van der Waals surface area contributed by atoms with E-state index in [-0.39, 0.29) is 23.9 Å². The Balaban J connectivity index is 1.59. The van der Waals surface area contributed by atoms with Gasteiger partial charge < -0.3 is 9.47 Å². The van der Waals surface area contributed by atoms with Gasteiger partial charge in [0.05, 0.1) is 17.5 Å². The van der Waals surface area contributed by atoms with E-state index < -0.39 is 12.2 Å². The van der Waals surface area contributed by atoms with E-state index in [1.165, 1.54) is 41.3 Å². The fourth-order valence-electron chi connectivity index (χ4n) is 3.83. The molecule has 0 aliphatic carbocycles. The number of alkyl halides is 3. The third-order valence-corrected chi connectivity index (χ3v) is 5.47. The molecule has 5 aromatic rings. The van der Waals surface area contributed by atoms with Crippen molar-refractivity contribution in [1.29, 1.82) is 0 Å². The quantitative estimate of drug-likeness (QED) is 0.219. The standard InChI is InChI=1S/C28H19F4N3O2/c29-24-11-4-5-12-26(24)35-25(13-14-34-35)23-16-21(20-9-6-10-22(15-20)37-28(30,31)32)17-33-27(23)36-18-19-7-2-1-3-8-19/h1-17H,18H2. The Morgan fingerprint density at radius 3 is 2.38 bits per heavy atom. The topological polar surface area (TPSA) is 49.2 Å². The Morgan fingerprint density at radius 2 is 1.59 bits per heavy atom. The lowest BCUT2D eigenvalue weighted by atomic mass is 10.0. The van der Waals surface area contributed by atoms with E-state index >= 15 is 0 Å². The van der Waals surface area contributed by atoms with E-state index in [1.54, 1.807) is 36.4 Å². The van der Waals surface area contributed by atoms with Crippen molar-refractivity contribution in [1.82, 2.24) is 14.8 Å². The first kappa shape index (κ1) is 24.1. The summed E-state index contributed by atoms with van der Waals surface area (Å²) in [6.07, 6.45) is -1.79. The van der Waals surface area contributed by atoms with E-state index in [9.17, 15) is 17.6 Å². The second-order valence-electron chi connectivity index (χ2n) is 8.01. The van der Waals surface area contributed by atoms with Crippen LogP contribution >= 0.6 is 0 Å². The molecule has 2 aromatic heterocycles. The second kappa shape index (κ2) is 10.1. The first-order chi connectivity index (χ1) is 17.9. The summed E-state index contributed by atoms with van der Waals surface area (Å²) in [5.41, 5.74) is 3.07.